The van der Waals surface area contributed by atoms with Gasteiger partial charge in [0, 0.05) is 16.9 Å². The minimum absolute atomic E-state index is 0.195. The van der Waals surface area contributed by atoms with Gasteiger partial charge in [0.2, 0.25) is 5.91 Å². The van der Waals surface area contributed by atoms with E-state index in [1.165, 1.54) is 40.9 Å². The molecule has 6 nitrogen and oxygen atoms in total. The minimum Gasteiger partial charge on any atom is -0.480 e. The Hall–Kier alpha value is -2.02. The first kappa shape index (κ1) is 14.4. The fourth-order valence-electron chi connectivity index (χ4n) is 2.07. The number of thioether (sulfide) groups is 1. The van der Waals surface area contributed by atoms with Crippen LogP contribution in [0.5, 0.6) is 0 Å². The summed E-state index contributed by atoms with van der Waals surface area (Å²) in [5.74, 6) is -1.56. The molecule has 1 fully saturated rings. The quantitative estimate of drug-likeness (QED) is 0.857. The maximum Gasteiger partial charge on any atom is 0.327 e. The van der Waals surface area contributed by atoms with Crippen molar-refractivity contribution in [2.24, 2.45) is 5.73 Å². The Bertz CT molecular complexity index is 558. The molecule has 0 radical (unpaired) electrons. The van der Waals surface area contributed by atoms with Crippen LogP contribution in [0.4, 0.5) is 0 Å². The number of rotatable bonds is 3. The maximum atomic E-state index is 12.4. The summed E-state index contributed by atoms with van der Waals surface area (Å²) in [6.45, 7) is 1.79. The number of hydrogen-bond donors (Lipinski definition) is 2. The van der Waals surface area contributed by atoms with Crippen LogP contribution in [0.25, 0.3) is 0 Å². The second-order valence-electron chi connectivity index (χ2n) is 4.44. The highest BCUT2D eigenvalue weighted by Gasteiger charge is 2.39. The Labute approximate surface area is 119 Å². The molecular weight excluding hydrogens is 280 g/mol. The lowest BCUT2D eigenvalue weighted by atomic mass is 10.1. The van der Waals surface area contributed by atoms with Crippen LogP contribution in [0.1, 0.15) is 27.6 Å². The van der Waals surface area contributed by atoms with E-state index in [1.807, 2.05) is 0 Å². The van der Waals surface area contributed by atoms with E-state index in [1.54, 1.807) is 6.92 Å². The molecule has 1 aliphatic rings. The van der Waals surface area contributed by atoms with E-state index < -0.39 is 17.9 Å². The van der Waals surface area contributed by atoms with Gasteiger partial charge >= 0.3 is 5.97 Å². The lowest BCUT2D eigenvalue weighted by molar-refractivity contribution is -0.141. The highest BCUT2D eigenvalue weighted by atomic mass is 32.2. The number of amides is 2. The first-order valence-electron chi connectivity index (χ1n) is 5.98. The second-order valence-corrected chi connectivity index (χ2v) is 5.79. The lowest BCUT2D eigenvalue weighted by Gasteiger charge is -2.25. The molecule has 1 saturated heterocycles. The summed E-state index contributed by atoms with van der Waals surface area (Å²) < 4.78 is 0. The Morgan fingerprint density at radius 3 is 2.30 bits per heavy atom. The van der Waals surface area contributed by atoms with Crippen molar-refractivity contribution in [3.05, 3.63) is 35.4 Å². The van der Waals surface area contributed by atoms with Crippen LogP contribution in [0, 0.1) is 0 Å². The second kappa shape index (κ2) is 5.54. The average Bonchev–Trinajstić information content (AvgIpc) is 2.80. The predicted molar refractivity (Wildman–Crippen MR) is 74.5 cm³/mol. The molecule has 20 heavy (non-hydrogen) atoms. The highest BCUT2D eigenvalue weighted by molar-refractivity contribution is 8.00. The van der Waals surface area contributed by atoms with Gasteiger partial charge in [0.15, 0.2) is 0 Å². The third-order valence-corrected chi connectivity index (χ3v) is 4.38. The van der Waals surface area contributed by atoms with E-state index in [0.717, 1.165) is 0 Å². The molecule has 0 spiro atoms. The smallest absolute Gasteiger partial charge is 0.327 e. The van der Waals surface area contributed by atoms with E-state index in [0.29, 0.717) is 16.9 Å². The Kier molecular flexibility index (Phi) is 3.99. The first-order chi connectivity index (χ1) is 9.41. The van der Waals surface area contributed by atoms with Crippen molar-refractivity contribution in [2.45, 2.75) is 18.3 Å². The molecule has 1 heterocycles. The number of nitrogens with zero attached hydrogens (tertiary/aromatic N) is 1. The molecule has 106 valence electrons. The molecule has 2 rings (SSSR count). The molecule has 0 saturated carbocycles. The predicted octanol–water partition coefficient (Wildman–Crippen LogP) is 0.774. The van der Waals surface area contributed by atoms with Crippen molar-refractivity contribution in [3.8, 4) is 0 Å². The number of benzene rings is 1. The highest BCUT2D eigenvalue weighted by Crippen LogP contribution is 2.30. The minimum atomic E-state index is -1.01. The number of carboxylic acid groups (broad SMARTS) is 1. The zero-order chi connectivity index (χ0) is 14.9. The molecule has 0 aliphatic carbocycles. The Morgan fingerprint density at radius 1 is 1.25 bits per heavy atom. The molecule has 2 unspecified atom stereocenters. The van der Waals surface area contributed by atoms with Gasteiger partial charge in [-0.05, 0) is 31.2 Å². The average molecular weight is 294 g/mol. The molecule has 7 heteroatoms. The van der Waals surface area contributed by atoms with Gasteiger partial charge in [0.25, 0.3) is 5.91 Å². The zero-order valence-corrected chi connectivity index (χ0v) is 11.6. The SMILES string of the molecule is CC1SCC(C(=O)O)N1C(=O)c1ccc(C(N)=O)cc1. The van der Waals surface area contributed by atoms with Gasteiger partial charge in [-0.25, -0.2) is 4.79 Å². The van der Waals surface area contributed by atoms with Crippen molar-refractivity contribution in [3.63, 3.8) is 0 Å². The molecular formula is C13H14N2O4S. The molecule has 1 aromatic carbocycles. The van der Waals surface area contributed by atoms with Crippen molar-refractivity contribution >= 4 is 29.5 Å². The van der Waals surface area contributed by atoms with Crippen LogP contribution in [0.15, 0.2) is 24.3 Å². The van der Waals surface area contributed by atoms with Gasteiger partial charge < -0.3 is 15.7 Å². The molecule has 0 bridgehead atoms. The van der Waals surface area contributed by atoms with E-state index in [2.05, 4.69) is 0 Å². The molecule has 3 N–H and O–H groups in total. The summed E-state index contributed by atoms with van der Waals surface area (Å²) in [6.07, 6.45) is 0. The maximum absolute atomic E-state index is 12.4. The van der Waals surface area contributed by atoms with Crippen molar-refractivity contribution in [2.75, 3.05) is 5.75 Å². The van der Waals surface area contributed by atoms with Crippen LogP contribution in [0.3, 0.4) is 0 Å². The standard InChI is InChI=1S/C13H14N2O4S/c1-7-15(10(6-20-7)13(18)19)12(17)9-4-2-8(3-5-9)11(14)16/h2-5,7,10H,6H2,1H3,(H2,14,16)(H,18,19). The van der Waals surface area contributed by atoms with Crippen LogP contribution in [-0.2, 0) is 4.79 Å². The van der Waals surface area contributed by atoms with Gasteiger partial charge in [-0.15, -0.1) is 11.8 Å². The van der Waals surface area contributed by atoms with E-state index in [4.69, 9.17) is 10.8 Å². The van der Waals surface area contributed by atoms with Gasteiger partial charge in [-0.1, -0.05) is 0 Å². The topological polar surface area (TPSA) is 101 Å². The van der Waals surface area contributed by atoms with Gasteiger partial charge in [0.05, 0.1) is 5.37 Å². The van der Waals surface area contributed by atoms with Crippen molar-refractivity contribution in [1.29, 1.82) is 0 Å². The number of carboxylic acids is 1. The van der Waals surface area contributed by atoms with E-state index >= 15 is 0 Å². The molecule has 2 atom stereocenters. The summed E-state index contributed by atoms with van der Waals surface area (Å²) in [6, 6.07) is 5.06. The van der Waals surface area contributed by atoms with E-state index in [-0.39, 0.29) is 11.3 Å². The van der Waals surface area contributed by atoms with Crippen LogP contribution < -0.4 is 5.73 Å². The number of nitrogens with two attached hydrogens (primary N) is 1. The first-order valence-corrected chi connectivity index (χ1v) is 7.03. The molecule has 0 aromatic heterocycles. The third kappa shape index (κ3) is 2.62. The van der Waals surface area contributed by atoms with Gasteiger partial charge in [-0.2, -0.15) is 0 Å². The number of hydrogen-bond acceptors (Lipinski definition) is 4. The Balaban J connectivity index is 2.25. The summed E-state index contributed by atoms with van der Waals surface area (Å²) in [7, 11) is 0. The van der Waals surface area contributed by atoms with Crippen molar-refractivity contribution in [1.82, 2.24) is 4.90 Å². The molecule has 2 amide bonds. The van der Waals surface area contributed by atoms with Gasteiger partial charge in [-0.3, -0.25) is 9.59 Å². The summed E-state index contributed by atoms with van der Waals surface area (Å²) >= 11 is 1.42. The summed E-state index contributed by atoms with van der Waals surface area (Å²) in [5.41, 5.74) is 5.78. The fourth-order valence-corrected chi connectivity index (χ4v) is 3.23. The number of aliphatic carboxylic acids is 1. The molecule has 1 aromatic rings. The normalized spacial score (nSPS) is 21.8. The number of carbonyl (C=O) groups excluding carboxylic acids is 2. The van der Waals surface area contributed by atoms with Crippen LogP contribution >= 0.6 is 11.8 Å². The van der Waals surface area contributed by atoms with Crippen molar-refractivity contribution < 1.29 is 19.5 Å². The van der Waals surface area contributed by atoms with Crippen LogP contribution in [-0.4, -0.2) is 45.0 Å². The number of carbonyl (C=O) groups is 3. The fraction of sp³-hybridized carbons (Fsp3) is 0.308. The van der Waals surface area contributed by atoms with E-state index in [9.17, 15) is 14.4 Å². The third-order valence-electron chi connectivity index (χ3n) is 3.16. The lowest BCUT2D eigenvalue weighted by Crippen LogP contribution is -2.44. The largest absolute Gasteiger partial charge is 0.480 e. The monoisotopic (exact) mass is 294 g/mol. The molecule has 1 aliphatic heterocycles. The zero-order valence-electron chi connectivity index (χ0n) is 10.8. The van der Waals surface area contributed by atoms with Crippen LogP contribution in [0.2, 0.25) is 0 Å². The summed E-state index contributed by atoms with van der Waals surface area (Å²) in [4.78, 5) is 35.9. The summed E-state index contributed by atoms with van der Waals surface area (Å²) in [5, 5.41) is 8.95. The Morgan fingerprint density at radius 2 is 1.80 bits per heavy atom. The number of primary amides is 1. The van der Waals surface area contributed by atoms with Gasteiger partial charge in [0.1, 0.15) is 6.04 Å².